The minimum atomic E-state index is -1.15. The second kappa shape index (κ2) is 10.1. The van der Waals surface area contributed by atoms with Gasteiger partial charge in [0.15, 0.2) is 0 Å². The van der Waals surface area contributed by atoms with Crippen LogP contribution in [0.25, 0.3) is 10.8 Å². The van der Waals surface area contributed by atoms with Crippen LogP contribution in [0.4, 0.5) is 5.69 Å². The van der Waals surface area contributed by atoms with Gasteiger partial charge < -0.3 is 15.5 Å². The minimum absolute atomic E-state index is 0.375. The molecule has 0 aliphatic carbocycles. The highest BCUT2D eigenvalue weighted by Crippen LogP contribution is 2.27. The molecule has 1 heterocycles. The third-order valence-corrected chi connectivity index (χ3v) is 6.42. The van der Waals surface area contributed by atoms with E-state index in [0.29, 0.717) is 17.0 Å². The third kappa shape index (κ3) is 4.84. The zero-order valence-electron chi connectivity index (χ0n) is 20.5. The Hall–Kier alpha value is -4.78. The molecule has 1 aliphatic rings. The molecule has 2 N–H and O–H groups in total. The smallest absolute Gasteiger partial charge is 0.272 e. The number of hydrogen-bond acceptors (Lipinski definition) is 4. The van der Waals surface area contributed by atoms with Crippen molar-refractivity contribution >= 4 is 39.9 Å². The summed E-state index contributed by atoms with van der Waals surface area (Å²) in [6.45, 7) is 1.58. The van der Waals surface area contributed by atoms with Gasteiger partial charge in [-0.25, -0.2) is 4.99 Å². The van der Waals surface area contributed by atoms with Gasteiger partial charge in [-0.3, -0.25) is 14.4 Å². The Morgan fingerprint density at radius 3 is 2.32 bits per heavy atom. The number of rotatable bonds is 5. The highest BCUT2D eigenvalue weighted by atomic mass is 16.2. The summed E-state index contributed by atoms with van der Waals surface area (Å²) in [5, 5.41) is 7.41. The normalized spacial score (nSPS) is 15.8. The van der Waals surface area contributed by atoms with Crippen molar-refractivity contribution in [3.63, 3.8) is 0 Å². The zero-order chi connectivity index (χ0) is 25.9. The predicted octanol–water partition coefficient (Wildman–Crippen LogP) is 3.91. The summed E-state index contributed by atoms with van der Waals surface area (Å²) in [5.74, 6) is -1.26. The average Bonchev–Trinajstić information content (AvgIpc) is 3.03. The Labute approximate surface area is 214 Å². The van der Waals surface area contributed by atoms with Crippen molar-refractivity contribution in [1.29, 1.82) is 0 Å². The van der Waals surface area contributed by atoms with Crippen LogP contribution in [0.2, 0.25) is 0 Å². The van der Waals surface area contributed by atoms with Crippen LogP contribution in [-0.2, 0) is 9.59 Å². The fourth-order valence-corrected chi connectivity index (χ4v) is 4.38. The Morgan fingerprint density at radius 1 is 0.865 bits per heavy atom. The van der Waals surface area contributed by atoms with Gasteiger partial charge in [-0.1, -0.05) is 78.9 Å². The van der Waals surface area contributed by atoms with Crippen LogP contribution in [0.15, 0.2) is 102 Å². The summed E-state index contributed by atoms with van der Waals surface area (Å²) in [6, 6.07) is 29.2. The number of aliphatic imine (C=N–C) groups is 1. The molecule has 0 radical (unpaired) electrons. The zero-order valence-corrected chi connectivity index (χ0v) is 20.5. The first-order chi connectivity index (χ1) is 17.9. The second-order valence-electron chi connectivity index (χ2n) is 8.93. The number of fused-ring (bicyclic) bond motifs is 2. The molecule has 1 unspecified atom stereocenters. The molecule has 0 saturated heterocycles. The fourth-order valence-electron chi connectivity index (χ4n) is 4.38. The SMILES string of the molecule is C[C@H](NC(=O)c1ccc2ccccc2c1)C(=O)NC1N=C(c2ccccc2)c2ccccc2N(C)C1=O. The van der Waals surface area contributed by atoms with Crippen molar-refractivity contribution in [2.24, 2.45) is 4.99 Å². The van der Waals surface area contributed by atoms with Crippen LogP contribution in [0.5, 0.6) is 0 Å². The maximum absolute atomic E-state index is 13.3. The molecule has 184 valence electrons. The van der Waals surface area contributed by atoms with E-state index in [0.717, 1.165) is 21.9 Å². The molecule has 0 saturated carbocycles. The third-order valence-electron chi connectivity index (χ3n) is 6.42. The molecule has 0 spiro atoms. The lowest BCUT2D eigenvalue weighted by Gasteiger charge is -2.22. The van der Waals surface area contributed by atoms with E-state index in [4.69, 9.17) is 4.99 Å². The molecule has 0 aromatic heterocycles. The molecule has 2 atom stereocenters. The highest BCUT2D eigenvalue weighted by Gasteiger charge is 2.32. The lowest BCUT2D eigenvalue weighted by atomic mass is 10.0. The molecule has 5 rings (SSSR count). The number of carbonyl (C=O) groups is 3. The Balaban J connectivity index is 1.38. The van der Waals surface area contributed by atoms with Crippen LogP contribution in [0, 0.1) is 0 Å². The standard InChI is InChI=1S/C30H26N4O3/c1-19(31-29(36)23-17-16-20-10-6-7-13-22(20)18-23)28(35)33-27-30(37)34(2)25-15-9-8-14-24(25)26(32-27)21-11-4-3-5-12-21/h3-19,27H,1-2H3,(H,31,36)(H,33,35)/t19-,27?/m0/s1. The van der Waals surface area contributed by atoms with Crippen LogP contribution in [-0.4, -0.2) is 42.7 Å². The van der Waals surface area contributed by atoms with Gasteiger partial charge in [0.1, 0.15) is 6.04 Å². The molecule has 7 nitrogen and oxygen atoms in total. The maximum atomic E-state index is 13.3. The first kappa shape index (κ1) is 23.9. The molecular formula is C30H26N4O3. The second-order valence-corrected chi connectivity index (χ2v) is 8.93. The van der Waals surface area contributed by atoms with Gasteiger partial charge in [0, 0.05) is 23.7 Å². The molecular weight excluding hydrogens is 464 g/mol. The molecule has 7 heteroatoms. The molecule has 4 aromatic carbocycles. The van der Waals surface area contributed by atoms with E-state index in [1.165, 1.54) is 4.90 Å². The summed E-state index contributed by atoms with van der Waals surface area (Å²) in [6.07, 6.45) is -1.15. The number of likely N-dealkylation sites (N-methyl/N-ethyl adjacent to an activating group) is 1. The van der Waals surface area contributed by atoms with Crippen LogP contribution in [0.1, 0.15) is 28.4 Å². The minimum Gasteiger partial charge on any atom is -0.341 e. The number of nitrogens with zero attached hydrogens (tertiary/aromatic N) is 2. The van der Waals surface area contributed by atoms with Gasteiger partial charge in [0.2, 0.25) is 12.1 Å². The first-order valence-corrected chi connectivity index (χ1v) is 12.0. The topological polar surface area (TPSA) is 90.9 Å². The van der Waals surface area contributed by atoms with Gasteiger partial charge in [-0.15, -0.1) is 0 Å². The van der Waals surface area contributed by atoms with E-state index in [1.807, 2.05) is 84.9 Å². The molecule has 4 aromatic rings. The molecule has 0 bridgehead atoms. The fraction of sp³-hybridized carbons (Fsp3) is 0.133. The number of nitrogens with one attached hydrogen (secondary N) is 2. The Morgan fingerprint density at radius 2 is 1.54 bits per heavy atom. The van der Waals surface area contributed by atoms with E-state index < -0.39 is 18.1 Å². The van der Waals surface area contributed by atoms with Crippen molar-refractivity contribution in [2.75, 3.05) is 11.9 Å². The highest BCUT2D eigenvalue weighted by molar-refractivity contribution is 6.20. The summed E-state index contributed by atoms with van der Waals surface area (Å²) in [5.41, 5.74) is 3.37. The van der Waals surface area contributed by atoms with Crippen molar-refractivity contribution < 1.29 is 14.4 Å². The van der Waals surface area contributed by atoms with E-state index in [2.05, 4.69) is 10.6 Å². The molecule has 37 heavy (non-hydrogen) atoms. The number of para-hydroxylation sites is 1. The van der Waals surface area contributed by atoms with Gasteiger partial charge in [-0.2, -0.15) is 0 Å². The van der Waals surface area contributed by atoms with E-state index in [-0.39, 0.29) is 11.8 Å². The summed E-state index contributed by atoms with van der Waals surface area (Å²) in [4.78, 5) is 45.5. The Bertz CT molecular complexity index is 1530. The van der Waals surface area contributed by atoms with Crippen molar-refractivity contribution in [3.8, 4) is 0 Å². The van der Waals surface area contributed by atoms with Crippen molar-refractivity contribution in [3.05, 3.63) is 114 Å². The summed E-state index contributed by atoms with van der Waals surface area (Å²) < 4.78 is 0. The van der Waals surface area contributed by atoms with Crippen LogP contribution >= 0.6 is 0 Å². The average molecular weight is 491 g/mol. The number of anilines is 1. The molecule has 1 aliphatic heterocycles. The van der Waals surface area contributed by atoms with Crippen molar-refractivity contribution in [2.45, 2.75) is 19.1 Å². The van der Waals surface area contributed by atoms with Crippen molar-refractivity contribution in [1.82, 2.24) is 10.6 Å². The number of carbonyl (C=O) groups excluding carboxylic acids is 3. The van der Waals surface area contributed by atoms with Gasteiger partial charge >= 0.3 is 0 Å². The maximum Gasteiger partial charge on any atom is 0.272 e. The lowest BCUT2D eigenvalue weighted by Crippen LogP contribution is -2.52. The van der Waals surface area contributed by atoms with Gasteiger partial charge in [0.25, 0.3) is 11.8 Å². The largest absolute Gasteiger partial charge is 0.341 e. The number of amides is 3. The lowest BCUT2D eigenvalue weighted by molar-refractivity contribution is -0.128. The molecule has 3 amide bonds. The van der Waals surface area contributed by atoms with E-state index >= 15 is 0 Å². The summed E-state index contributed by atoms with van der Waals surface area (Å²) in [7, 11) is 1.66. The summed E-state index contributed by atoms with van der Waals surface area (Å²) >= 11 is 0. The Kier molecular flexibility index (Phi) is 6.51. The first-order valence-electron chi connectivity index (χ1n) is 12.0. The monoisotopic (exact) mass is 490 g/mol. The van der Waals surface area contributed by atoms with Gasteiger partial charge in [0.05, 0.1) is 11.4 Å². The quantitative estimate of drug-likeness (QED) is 0.444. The molecule has 0 fully saturated rings. The number of hydrogen-bond donors (Lipinski definition) is 2. The number of benzene rings is 4. The van der Waals surface area contributed by atoms with Gasteiger partial charge in [-0.05, 0) is 35.9 Å². The van der Waals surface area contributed by atoms with Crippen LogP contribution in [0.3, 0.4) is 0 Å². The van der Waals surface area contributed by atoms with E-state index in [1.54, 1.807) is 26.1 Å². The van der Waals surface area contributed by atoms with Crippen LogP contribution < -0.4 is 15.5 Å². The number of benzodiazepines with no additional fused rings is 1. The predicted molar refractivity (Wildman–Crippen MR) is 145 cm³/mol. The van der Waals surface area contributed by atoms with E-state index in [9.17, 15) is 14.4 Å².